The number of hydrogen-bond acceptors (Lipinski definition) is 2. The summed E-state index contributed by atoms with van der Waals surface area (Å²) in [4.78, 5) is 24.6. The van der Waals surface area contributed by atoms with Crippen molar-refractivity contribution in [3.63, 3.8) is 0 Å². The molecule has 0 aromatic heterocycles. The van der Waals surface area contributed by atoms with Gasteiger partial charge in [0.25, 0.3) is 0 Å². The molecular weight excluding hydrogens is 244 g/mol. The number of carboxylic acid groups (broad SMARTS) is 1. The third-order valence-corrected chi connectivity index (χ3v) is 3.44. The fraction of sp³-hybridized carbons (Fsp3) is 0.429. The minimum Gasteiger partial charge on any atom is -0.480 e. The zero-order chi connectivity index (χ0) is 13.8. The quantitative estimate of drug-likeness (QED) is 0.875. The fourth-order valence-corrected chi connectivity index (χ4v) is 2.36. The van der Waals surface area contributed by atoms with Crippen molar-refractivity contribution >= 4 is 12.0 Å². The van der Waals surface area contributed by atoms with Gasteiger partial charge < -0.3 is 15.3 Å². The maximum absolute atomic E-state index is 12.1. The number of rotatable bonds is 3. The van der Waals surface area contributed by atoms with Gasteiger partial charge in [-0.05, 0) is 25.3 Å². The number of carbonyl (C=O) groups excluding carboxylic acids is 1. The molecular formula is C14H18N2O3. The minimum absolute atomic E-state index is 0.135. The molecule has 1 fully saturated rings. The van der Waals surface area contributed by atoms with Crippen molar-refractivity contribution in [1.82, 2.24) is 10.2 Å². The molecule has 2 amide bonds. The van der Waals surface area contributed by atoms with Gasteiger partial charge in [0.05, 0.1) is 6.04 Å². The highest BCUT2D eigenvalue weighted by atomic mass is 16.4. The molecule has 2 N–H and O–H groups in total. The second-order valence-corrected chi connectivity index (χ2v) is 4.77. The lowest BCUT2D eigenvalue weighted by molar-refractivity contribution is -0.141. The van der Waals surface area contributed by atoms with Crippen molar-refractivity contribution in [3.8, 4) is 0 Å². The third-order valence-electron chi connectivity index (χ3n) is 3.44. The van der Waals surface area contributed by atoms with Crippen LogP contribution in [0.15, 0.2) is 30.3 Å². The van der Waals surface area contributed by atoms with Gasteiger partial charge in [-0.1, -0.05) is 30.3 Å². The van der Waals surface area contributed by atoms with Gasteiger partial charge in [-0.2, -0.15) is 0 Å². The molecule has 2 atom stereocenters. The van der Waals surface area contributed by atoms with Crippen molar-refractivity contribution in [2.24, 2.45) is 0 Å². The van der Waals surface area contributed by atoms with E-state index in [1.807, 2.05) is 37.3 Å². The summed E-state index contributed by atoms with van der Waals surface area (Å²) in [5, 5.41) is 11.9. The van der Waals surface area contributed by atoms with Crippen molar-refractivity contribution in [1.29, 1.82) is 0 Å². The minimum atomic E-state index is -0.931. The monoisotopic (exact) mass is 262 g/mol. The van der Waals surface area contributed by atoms with E-state index in [-0.39, 0.29) is 12.1 Å². The first-order valence-corrected chi connectivity index (χ1v) is 6.44. The van der Waals surface area contributed by atoms with Crippen LogP contribution in [0.4, 0.5) is 4.79 Å². The number of urea groups is 1. The van der Waals surface area contributed by atoms with E-state index < -0.39 is 12.0 Å². The predicted octanol–water partition coefficient (Wildman–Crippen LogP) is 2.01. The van der Waals surface area contributed by atoms with Crippen LogP contribution in [0.3, 0.4) is 0 Å². The molecule has 1 aliphatic heterocycles. The summed E-state index contributed by atoms with van der Waals surface area (Å²) < 4.78 is 0. The number of amides is 2. The van der Waals surface area contributed by atoms with Gasteiger partial charge >= 0.3 is 12.0 Å². The van der Waals surface area contributed by atoms with E-state index in [4.69, 9.17) is 5.11 Å². The van der Waals surface area contributed by atoms with E-state index in [0.717, 1.165) is 12.0 Å². The Balaban J connectivity index is 1.99. The molecule has 0 spiro atoms. The third kappa shape index (κ3) is 3.05. The normalized spacial score (nSPS) is 20.1. The number of hydrogen-bond donors (Lipinski definition) is 2. The van der Waals surface area contributed by atoms with E-state index in [0.29, 0.717) is 13.0 Å². The standard InChI is InChI=1S/C14H18N2O3/c1-10(11-6-3-2-4-7-11)15-14(19)16-9-5-8-12(16)13(17)18/h2-4,6-7,10,12H,5,8-9H2,1H3,(H,15,19)(H,17,18)/t10-,12+/m0/s1. The Labute approximate surface area is 112 Å². The van der Waals surface area contributed by atoms with Crippen molar-refractivity contribution < 1.29 is 14.7 Å². The lowest BCUT2D eigenvalue weighted by atomic mass is 10.1. The Morgan fingerprint density at radius 2 is 2.05 bits per heavy atom. The Kier molecular flexibility index (Phi) is 4.04. The fourth-order valence-electron chi connectivity index (χ4n) is 2.36. The van der Waals surface area contributed by atoms with Crippen LogP contribution in [0.25, 0.3) is 0 Å². The van der Waals surface area contributed by atoms with E-state index in [2.05, 4.69) is 5.32 Å². The first kappa shape index (κ1) is 13.4. The average Bonchev–Trinajstić information content (AvgIpc) is 2.89. The van der Waals surface area contributed by atoms with Gasteiger partial charge in [-0.15, -0.1) is 0 Å². The molecule has 0 unspecified atom stereocenters. The highest BCUT2D eigenvalue weighted by Gasteiger charge is 2.34. The highest BCUT2D eigenvalue weighted by molar-refractivity contribution is 5.83. The number of aliphatic carboxylic acids is 1. The van der Waals surface area contributed by atoms with Crippen LogP contribution in [-0.2, 0) is 4.79 Å². The molecule has 102 valence electrons. The van der Waals surface area contributed by atoms with Crippen LogP contribution in [-0.4, -0.2) is 34.6 Å². The van der Waals surface area contributed by atoms with Crippen LogP contribution in [0, 0.1) is 0 Å². The Morgan fingerprint density at radius 3 is 2.68 bits per heavy atom. The molecule has 1 aromatic rings. The van der Waals surface area contributed by atoms with Crippen LogP contribution >= 0.6 is 0 Å². The summed E-state index contributed by atoms with van der Waals surface area (Å²) in [6, 6.07) is 8.47. The van der Waals surface area contributed by atoms with Gasteiger partial charge in [0.1, 0.15) is 6.04 Å². The molecule has 0 bridgehead atoms. The number of nitrogens with one attached hydrogen (secondary N) is 1. The maximum atomic E-state index is 12.1. The molecule has 1 saturated heterocycles. The largest absolute Gasteiger partial charge is 0.480 e. The molecule has 5 heteroatoms. The van der Waals surface area contributed by atoms with Crippen LogP contribution in [0.2, 0.25) is 0 Å². The topological polar surface area (TPSA) is 69.6 Å². The van der Waals surface area contributed by atoms with Crippen LogP contribution in [0.5, 0.6) is 0 Å². The van der Waals surface area contributed by atoms with Crippen molar-refractivity contribution in [2.75, 3.05) is 6.54 Å². The zero-order valence-corrected chi connectivity index (χ0v) is 10.9. The van der Waals surface area contributed by atoms with Crippen LogP contribution in [0.1, 0.15) is 31.4 Å². The van der Waals surface area contributed by atoms with Gasteiger partial charge in [-0.3, -0.25) is 0 Å². The number of carboxylic acids is 1. The highest BCUT2D eigenvalue weighted by Crippen LogP contribution is 2.19. The summed E-state index contributed by atoms with van der Waals surface area (Å²) in [7, 11) is 0. The molecule has 5 nitrogen and oxygen atoms in total. The second-order valence-electron chi connectivity index (χ2n) is 4.77. The summed E-state index contributed by atoms with van der Waals surface area (Å²) in [6.07, 6.45) is 1.27. The maximum Gasteiger partial charge on any atom is 0.326 e. The Bertz CT molecular complexity index is 461. The molecule has 19 heavy (non-hydrogen) atoms. The summed E-state index contributed by atoms with van der Waals surface area (Å²) in [6.45, 7) is 2.39. The van der Waals surface area contributed by atoms with Gasteiger partial charge in [0.15, 0.2) is 0 Å². The molecule has 2 rings (SSSR count). The van der Waals surface area contributed by atoms with E-state index in [1.165, 1.54) is 4.90 Å². The van der Waals surface area contributed by atoms with E-state index in [1.54, 1.807) is 0 Å². The number of nitrogens with zero attached hydrogens (tertiary/aromatic N) is 1. The summed E-state index contributed by atoms with van der Waals surface area (Å²) in [5.41, 5.74) is 1.00. The molecule has 0 radical (unpaired) electrons. The van der Waals surface area contributed by atoms with E-state index in [9.17, 15) is 9.59 Å². The smallest absolute Gasteiger partial charge is 0.326 e. The van der Waals surface area contributed by atoms with Crippen molar-refractivity contribution in [3.05, 3.63) is 35.9 Å². The number of likely N-dealkylation sites (tertiary alicyclic amines) is 1. The summed E-state index contributed by atoms with van der Waals surface area (Å²) >= 11 is 0. The lowest BCUT2D eigenvalue weighted by Crippen LogP contribution is -2.46. The SMILES string of the molecule is C[C@H](NC(=O)N1CCC[C@@H]1C(=O)O)c1ccccc1. The predicted molar refractivity (Wildman–Crippen MR) is 70.8 cm³/mol. The van der Waals surface area contributed by atoms with Gasteiger partial charge in [0, 0.05) is 6.54 Å². The van der Waals surface area contributed by atoms with E-state index >= 15 is 0 Å². The molecule has 1 heterocycles. The first-order chi connectivity index (χ1) is 9.09. The lowest BCUT2D eigenvalue weighted by Gasteiger charge is -2.24. The zero-order valence-electron chi connectivity index (χ0n) is 10.9. The first-order valence-electron chi connectivity index (χ1n) is 6.44. The number of carbonyl (C=O) groups is 2. The molecule has 1 aromatic carbocycles. The Hall–Kier alpha value is -2.04. The number of benzene rings is 1. The van der Waals surface area contributed by atoms with Crippen molar-refractivity contribution in [2.45, 2.75) is 31.8 Å². The molecule has 0 aliphatic carbocycles. The van der Waals surface area contributed by atoms with Gasteiger partial charge in [0.2, 0.25) is 0 Å². The summed E-state index contributed by atoms with van der Waals surface area (Å²) in [5.74, 6) is -0.931. The van der Waals surface area contributed by atoms with Gasteiger partial charge in [-0.25, -0.2) is 9.59 Å². The Morgan fingerprint density at radius 1 is 1.37 bits per heavy atom. The molecule has 1 aliphatic rings. The average molecular weight is 262 g/mol. The second kappa shape index (κ2) is 5.73. The molecule has 0 saturated carbocycles. The van der Waals surface area contributed by atoms with Crippen LogP contribution < -0.4 is 5.32 Å².